The van der Waals surface area contributed by atoms with Crippen LogP contribution in [0.5, 0.6) is 0 Å². The molecular weight excluding hydrogens is 278 g/mol. The van der Waals surface area contributed by atoms with Gasteiger partial charge in [-0.3, -0.25) is 9.48 Å². The Morgan fingerprint density at radius 3 is 2.82 bits per heavy atom. The molecule has 1 fully saturated rings. The molecule has 0 aliphatic carbocycles. The summed E-state index contributed by atoms with van der Waals surface area (Å²) in [6.07, 6.45) is 3.67. The van der Waals surface area contributed by atoms with Crippen molar-refractivity contribution in [2.75, 3.05) is 13.1 Å². The number of nitrogens with zero attached hydrogens (tertiary/aromatic N) is 5. The molecule has 1 aliphatic heterocycles. The van der Waals surface area contributed by atoms with Crippen molar-refractivity contribution < 1.29 is 4.79 Å². The molecule has 1 saturated heterocycles. The standard InChI is InChI=1S/C16H21N5O/c1-11-9-12(2)21(19-11)14-5-4-8-20(10-14)16(22)15-6-7-17-13(3)18-15/h6-7,9,14H,4-5,8,10H2,1-3H3. The first kappa shape index (κ1) is 14.7. The first-order valence-corrected chi connectivity index (χ1v) is 7.66. The van der Waals surface area contributed by atoms with Gasteiger partial charge in [0.25, 0.3) is 5.91 Å². The zero-order valence-electron chi connectivity index (χ0n) is 13.3. The molecule has 0 aromatic carbocycles. The Kier molecular flexibility index (Phi) is 3.92. The van der Waals surface area contributed by atoms with Crippen LogP contribution in [0.2, 0.25) is 0 Å². The van der Waals surface area contributed by atoms with Gasteiger partial charge in [-0.2, -0.15) is 5.10 Å². The second-order valence-electron chi connectivity index (χ2n) is 5.91. The van der Waals surface area contributed by atoms with E-state index in [-0.39, 0.29) is 11.9 Å². The second-order valence-corrected chi connectivity index (χ2v) is 5.91. The van der Waals surface area contributed by atoms with Crippen molar-refractivity contribution in [3.63, 3.8) is 0 Å². The second kappa shape index (κ2) is 5.87. The number of piperidine rings is 1. The van der Waals surface area contributed by atoms with Gasteiger partial charge in [0.15, 0.2) is 0 Å². The van der Waals surface area contributed by atoms with Crippen LogP contribution in [0.15, 0.2) is 18.3 Å². The minimum atomic E-state index is -0.0169. The number of amides is 1. The van der Waals surface area contributed by atoms with E-state index >= 15 is 0 Å². The fourth-order valence-electron chi connectivity index (χ4n) is 3.09. The normalized spacial score (nSPS) is 18.5. The highest BCUT2D eigenvalue weighted by atomic mass is 16.2. The van der Waals surface area contributed by atoms with E-state index in [0.29, 0.717) is 18.1 Å². The summed E-state index contributed by atoms with van der Waals surface area (Å²) in [4.78, 5) is 22.8. The molecule has 2 aromatic rings. The third-order valence-corrected chi connectivity index (χ3v) is 4.07. The van der Waals surface area contributed by atoms with E-state index < -0.39 is 0 Å². The van der Waals surface area contributed by atoms with Gasteiger partial charge in [0.05, 0.1) is 11.7 Å². The van der Waals surface area contributed by atoms with Crippen LogP contribution in [0.4, 0.5) is 0 Å². The Morgan fingerprint density at radius 2 is 2.14 bits per heavy atom. The lowest BCUT2D eigenvalue weighted by atomic mass is 10.1. The number of aryl methyl sites for hydroxylation is 3. The van der Waals surface area contributed by atoms with Gasteiger partial charge < -0.3 is 4.90 Å². The van der Waals surface area contributed by atoms with Gasteiger partial charge in [-0.1, -0.05) is 0 Å². The van der Waals surface area contributed by atoms with Crippen LogP contribution in [0.25, 0.3) is 0 Å². The molecule has 1 unspecified atom stereocenters. The van der Waals surface area contributed by atoms with Crippen LogP contribution in [-0.2, 0) is 0 Å². The van der Waals surface area contributed by atoms with Gasteiger partial charge in [-0.25, -0.2) is 9.97 Å². The maximum absolute atomic E-state index is 12.6. The van der Waals surface area contributed by atoms with Crippen molar-refractivity contribution in [1.82, 2.24) is 24.6 Å². The van der Waals surface area contributed by atoms with Gasteiger partial charge in [-0.15, -0.1) is 0 Å². The van der Waals surface area contributed by atoms with Crippen molar-refractivity contribution in [2.45, 2.75) is 39.7 Å². The highest BCUT2D eigenvalue weighted by Crippen LogP contribution is 2.23. The third kappa shape index (κ3) is 2.86. The Hall–Kier alpha value is -2.24. The molecule has 2 aromatic heterocycles. The fraction of sp³-hybridized carbons (Fsp3) is 0.500. The quantitative estimate of drug-likeness (QED) is 0.851. The van der Waals surface area contributed by atoms with Gasteiger partial charge in [0.2, 0.25) is 0 Å². The van der Waals surface area contributed by atoms with Gasteiger partial charge in [0.1, 0.15) is 11.5 Å². The number of hydrogen-bond donors (Lipinski definition) is 0. The molecule has 6 nitrogen and oxygen atoms in total. The third-order valence-electron chi connectivity index (χ3n) is 4.07. The zero-order valence-corrected chi connectivity index (χ0v) is 13.3. The molecule has 0 N–H and O–H groups in total. The molecule has 116 valence electrons. The van der Waals surface area contributed by atoms with Crippen LogP contribution in [0.1, 0.15) is 46.6 Å². The number of carbonyl (C=O) groups is 1. The van der Waals surface area contributed by atoms with E-state index in [1.807, 2.05) is 11.8 Å². The average molecular weight is 299 g/mol. The molecule has 22 heavy (non-hydrogen) atoms. The summed E-state index contributed by atoms with van der Waals surface area (Å²) in [7, 11) is 0. The van der Waals surface area contributed by atoms with Crippen molar-refractivity contribution in [3.05, 3.63) is 41.2 Å². The molecule has 0 bridgehead atoms. The Bertz CT molecular complexity index is 694. The molecular formula is C16H21N5O. The average Bonchev–Trinajstić information content (AvgIpc) is 2.85. The maximum atomic E-state index is 12.6. The summed E-state index contributed by atoms with van der Waals surface area (Å²) in [5, 5.41) is 4.57. The largest absolute Gasteiger partial charge is 0.335 e. The first-order chi connectivity index (χ1) is 10.5. The van der Waals surface area contributed by atoms with Crippen LogP contribution in [0, 0.1) is 20.8 Å². The van der Waals surface area contributed by atoms with Gasteiger partial charge in [-0.05, 0) is 45.7 Å². The molecule has 3 heterocycles. The number of carbonyl (C=O) groups excluding carboxylic acids is 1. The SMILES string of the molecule is Cc1cc(C)n(C2CCCN(C(=O)c3ccnc(C)n3)C2)n1. The summed E-state index contributed by atoms with van der Waals surface area (Å²) < 4.78 is 2.06. The van der Waals surface area contributed by atoms with Crippen LogP contribution in [-0.4, -0.2) is 43.6 Å². The summed E-state index contributed by atoms with van der Waals surface area (Å²) in [5.74, 6) is 0.606. The first-order valence-electron chi connectivity index (χ1n) is 7.66. The Labute approximate surface area is 130 Å². The molecule has 6 heteroatoms. The number of hydrogen-bond acceptors (Lipinski definition) is 4. The van der Waals surface area contributed by atoms with E-state index in [4.69, 9.17) is 0 Å². The molecule has 3 rings (SSSR count). The van der Waals surface area contributed by atoms with Crippen molar-refractivity contribution in [3.8, 4) is 0 Å². The van der Waals surface area contributed by atoms with Crippen molar-refractivity contribution >= 4 is 5.91 Å². The molecule has 1 aliphatic rings. The van der Waals surface area contributed by atoms with Crippen LogP contribution in [0.3, 0.4) is 0 Å². The lowest BCUT2D eigenvalue weighted by Crippen LogP contribution is -2.41. The van der Waals surface area contributed by atoms with Crippen molar-refractivity contribution in [1.29, 1.82) is 0 Å². The predicted octanol–water partition coefficient (Wildman–Crippen LogP) is 2.08. The number of rotatable bonds is 2. The number of likely N-dealkylation sites (tertiary alicyclic amines) is 1. The minimum Gasteiger partial charge on any atom is -0.335 e. The molecule has 0 spiro atoms. The highest BCUT2D eigenvalue weighted by Gasteiger charge is 2.27. The molecule has 0 radical (unpaired) electrons. The summed E-state index contributed by atoms with van der Waals surface area (Å²) in [6, 6.07) is 4.01. The summed E-state index contributed by atoms with van der Waals surface area (Å²) in [5.41, 5.74) is 2.64. The van der Waals surface area contributed by atoms with E-state index in [1.54, 1.807) is 19.2 Å². The summed E-state index contributed by atoms with van der Waals surface area (Å²) >= 11 is 0. The smallest absolute Gasteiger partial charge is 0.272 e. The lowest BCUT2D eigenvalue weighted by Gasteiger charge is -2.33. The Balaban J connectivity index is 1.78. The Morgan fingerprint density at radius 1 is 1.32 bits per heavy atom. The van der Waals surface area contributed by atoms with E-state index in [0.717, 1.165) is 30.8 Å². The topological polar surface area (TPSA) is 63.9 Å². The number of aromatic nitrogens is 4. The van der Waals surface area contributed by atoms with E-state index in [1.165, 1.54) is 0 Å². The van der Waals surface area contributed by atoms with E-state index in [2.05, 4.69) is 32.7 Å². The van der Waals surface area contributed by atoms with Gasteiger partial charge >= 0.3 is 0 Å². The van der Waals surface area contributed by atoms with E-state index in [9.17, 15) is 4.79 Å². The van der Waals surface area contributed by atoms with Gasteiger partial charge in [0, 0.05) is 25.0 Å². The molecule has 1 atom stereocenters. The maximum Gasteiger partial charge on any atom is 0.272 e. The summed E-state index contributed by atoms with van der Waals surface area (Å²) in [6.45, 7) is 7.32. The molecule has 0 saturated carbocycles. The van der Waals surface area contributed by atoms with Crippen LogP contribution < -0.4 is 0 Å². The zero-order chi connectivity index (χ0) is 15.7. The fourth-order valence-corrected chi connectivity index (χ4v) is 3.09. The van der Waals surface area contributed by atoms with Crippen LogP contribution >= 0.6 is 0 Å². The molecule has 1 amide bonds. The minimum absolute atomic E-state index is 0.0169. The monoisotopic (exact) mass is 299 g/mol. The highest BCUT2D eigenvalue weighted by molar-refractivity contribution is 5.92. The lowest BCUT2D eigenvalue weighted by molar-refractivity contribution is 0.0665. The van der Waals surface area contributed by atoms with Crippen molar-refractivity contribution in [2.24, 2.45) is 0 Å². The predicted molar refractivity (Wildman–Crippen MR) is 82.6 cm³/mol.